The molecule has 1 heterocycles. The molecule has 0 radical (unpaired) electrons. The zero-order chi connectivity index (χ0) is 21.3. The molecule has 0 spiro atoms. The van der Waals surface area contributed by atoms with Gasteiger partial charge < -0.3 is 25.0 Å². The summed E-state index contributed by atoms with van der Waals surface area (Å²) in [7, 11) is 1.50. The van der Waals surface area contributed by atoms with Crippen molar-refractivity contribution < 1.29 is 23.9 Å². The largest absolute Gasteiger partial charge is 0.495 e. The van der Waals surface area contributed by atoms with Crippen molar-refractivity contribution in [2.75, 3.05) is 44.0 Å². The van der Waals surface area contributed by atoms with Crippen LogP contribution in [0.3, 0.4) is 0 Å². The number of benzene rings is 2. The number of nitrogens with zero attached hydrogens (tertiary/aromatic N) is 1. The Morgan fingerprint density at radius 1 is 1.00 bits per heavy atom. The van der Waals surface area contributed by atoms with Gasteiger partial charge in [0.05, 0.1) is 26.0 Å². The Labute approximate surface area is 175 Å². The van der Waals surface area contributed by atoms with Crippen LogP contribution >= 0.6 is 0 Å². The lowest BCUT2D eigenvalue weighted by atomic mass is 10.2. The van der Waals surface area contributed by atoms with Crippen molar-refractivity contribution in [3.8, 4) is 5.75 Å². The van der Waals surface area contributed by atoms with Gasteiger partial charge in [0, 0.05) is 37.2 Å². The molecule has 2 aromatic rings. The topological polar surface area (TPSA) is 97.0 Å². The number of amides is 3. The summed E-state index contributed by atoms with van der Waals surface area (Å²) in [5, 5.41) is 5.56. The van der Waals surface area contributed by atoms with E-state index in [2.05, 4.69) is 10.6 Å². The number of hydrogen-bond donors (Lipinski definition) is 2. The van der Waals surface area contributed by atoms with Crippen LogP contribution in [0.4, 0.5) is 11.4 Å². The Kier molecular flexibility index (Phi) is 7.40. The van der Waals surface area contributed by atoms with E-state index in [0.29, 0.717) is 49.0 Å². The zero-order valence-corrected chi connectivity index (χ0v) is 16.8. The van der Waals surface area contributed by atoms with Crippen LogP contribution in [0.15, 0.2) is 48.5 Å². The fraction of sp³-hybridized carbons (Fsp3) is 0.318. The maximum atomic E-state index is 12.4. The van der Waals surface area contributed by atoms with Crippen molar-refractivity contribution in [1.29, 1.82) is 0 Å². The monoisotopic (exact) mass is 411 g/mol. The van der Waals surface area contributed by atoms with E-state index >= 15 is 0 Å². The highest BCUT2D eigenvalue weighted by Crippen LogP contribution is 2.28. The molecule has 1 saturated heterocycles. The van der Waals surface area contributed by atoms with Crippen molar-refractivity contribution in [3.05, 3.63) is 54.1 Å². The number of carbonyl (C=O) groups excluding carboxylic acids is 3. The van der Waals surface area contributed by atoms with Crippen molar-refractivity contribution >= 4 is 29.1 Å². The Morgan fingerprint density at radius 3 is 2.43 bits per heavy atom. The van der Waals surface area contributed by atoms with Crippen LogP contribution in [0.1, 0.15) is 23.2 Å². The molecule has 8 nitrogen and oxygen atoms in total. The van der Waals surface area contributed by atoms with Gasteiger partial charge in [-0.1, -0.05) is 18.2 Å². The van der Waals surface area contributed by atoms with E-state index in [1.165, 1.54) is 7.11 Å². The van der Waals surface area contributed by atoms with Gasteiger partial charge in [-0.05, 0) is 30.3 Å². The molecule has 0 aromatic heterocycles. The molecule has 1 fully saturated rings. The molecule has 0 aliphatic carbocycles. The number of morpholine rings is 1. The van der Waals surface area contributed by atoms with E-state index in [9.17, 15) is 14.4 Å². The number of anilines is 2. The predicted molar refractivity (Wildman–Crippen MR) is 113 cm³/mol. The van der Waals surface area contributed by atoms with Gasteiger partial charge in [-0.15, -0.1) is 0 Å². The summed E-state index contributed by atoms with van der Waals surface area (Å²) in [4.78, 5) is 38.6. The number of rotatable bonds is 7. The molecule has 3 rings (SSSR count). The fourth-order valence-electron chi connectivity index (χ4n) is 3.08. The van der Waals surface area contributed by atoms with Crippen LogP contribution in [-0.4, -0.2) is 56.0 Å². The lowest BCUT2D eigenvalue weighted by Crippen LogP contribution is -2.40. The highest BCUT2D eigenvalue weighted by molar-refractivity contribution is 6.05. The summed E-state index contributed by atoms with van der Waals surface area (Å²) in [6.45, 7) is 2.18. The molecule has 2 N–H and O–H groups in total. The van der Waals surface area contributed by atoms with Crippen LogP contribution in [0.5, 0.6) is 5.75 Å². The Bertz CT molecular complexity index is 895. The predicted octanol–water partition coefficient (Wildman–Crippen LogP) is 2.53. The average molecular weight is 411 g/mol. The van der Waals surface area contributed by atoms with Gasteiger partial charge in [-0.2, -0.15) is 0 Å². The van der Waals surface area contributed by atoms with E-state index < -0.39 is 0 Å². The third-order valence-corrected chi connectivity index (χ3v) is 4.70. The first-order valence-corrected chi connectivity index (χ1v) is 9.76. The molecule has 3 amide bonds. The Morgan fingerprint density at radius 2 is 1.73 bits per heavy atom. The van der Waals surface area contributed by atoms with Gasteiger partial charge in [0.2, 0.25) is 11.8 Å². The highest BCUT2D eigenvalue weighted by atomic mass is 16.5. The molecule has 0 unspecified atom stereocenters. The summed E-state index contributed by atoms with van der Waals surface area (Å²) in [6, 6.07) is 13.8. The van der Waals surface area contributed by atoms with Gasteiger partial charge in [-0.3, -0.25) is 14.4 Å². The molecule has 1 aliphatic heterocycles. The van der Waals surface area contributed by atoms with E-state index in [1.807, 2.05) is 6.07 Å². The molecular formula is C22H25N3O5. The smallest absolute Gasteiger partial charge is 0.255 e. The van der Waals surface area contributed by atoms with Crippen LogP contribution < -0.4 is 15.4 Å². The summed E-state index contributed by atoms with van der Waals surface area (Å²) in [5.41, 5.74) is 1.45. The van der Waals surface area contributed by atoms with Gasteiger partial charge in [0.25, 0.3) is 5.91 Å². The average Bonchev–Trinajstić information content (AvgIpc) is 2.79. The minimum Gasteiger partial charge on any atom is -0.495 e. The molecule has 8 heteroatoms. The van der Waals surface area contributed by atoms with Crippen molar-refractivity contribution in [3.63, 3.8) is 0 Å². The fourth-order valence-corrected chi connectivity index (χ4v) is 3.08. The van der Waals surface area contributed by atoms with Crippen LogP contribution in [0.25, 0.3) is 0 Å². The first-order chi connectivity index (χ1) is 14.6. The second-order valence-corrected chi connectivity index (χ2v) is 6.78. The van der Waals surface area contributed by atoms with Gasteiger partial charge in [0.1, 0.15) is 5.75 Å². The maximum Gasteiger partial charge on any atom is 0.255 e. The Hall–Kier alpha value is -3.39. The molecule has 0 atom stereocenters. The van der Waals surface area contributed by atoms with E-state index in [1.54, 1.807) is 47.4 Å². The van der Waals surface area contributed by atoms with Crippen LogP contribution in [-0.2, 0) is 14.3 Å². The van der Waals surface area contributed by atoms with Crippen LogP contribution in [0, 0.1) is 0 Å². The normalized spacial score (nSPS) is 13.4. The third kappa shape index (κ3) is 5.81. The van der Waals surface area contributed by atoms with E-state index in [0.717, 1.165) is 0 Å². The molecule has 0 bridgehead atoms. The highest BCUT2D eigenvalue weighted by Gasteiger charge is 2.18. The Balaban J connectivity index is 1.59. The van der Waals surface area contributed by atoms with E-state index in [-0.39, 0.29) is 30.6 Å². The number of ether oxygens (including phenoxy) is 2. The lowest BCUT2D eigenvalue weighted by Gasteiger charge is -2.26. The lowest BCUT2D eigenvalue weighted by molar-refractivity contribution is -0.136. The molecule has 2 aromatic carbocycles. The summed E-state index contributed by atoms with van der Waals surface area (Å²) < 4.78 is 10.5. The summed E-state index contributed by atoms with van der Waals surface area (Å²) >= 11 is 0. The first kappa shape index (κ1) is 21.3. The number of methoxy groups -OCH3 is 1. The van der Waals surface area contributed by atoms with Crippen molar-refractivity contribution in [2.45, 2.75) is 12.8 Å². The second-order valence-electron chi connectivity index (χ2n) is 6.78. The first-order valence-electron chi connectivity index (χ1n) is 9.76. The van der Waals surface area contributed by atoms with Gasteiger partial charge in [0.15, 0.2) is 0 Å². The minimum atomic E-state index is -0.284. The van der Waals surface area contributed by atoms with Crippen molar-refractivity contribution in [1.82, 2.24) is 4.90 Å². The maximum absolute atomic E-state index is 12.4. The van der Waals surface area contributed by atoms with Gasteiger partial charge >= 0.3 is 0 Å². The SMILES string of the molecule is COc1ccc(NC(=O)CCC(=O)N2CCOCC2)cc1NC(=O)c1ccccc1. The van der Waals surface area contributed by atoms with Crippen LogP contribution in [0.2, 0.25) is 0 Å². The van der Waals surface area contributed by atoms with Crippen molar-refractivity contribution in [2.24, 2.45) is 0 Å². The number of hydrogen-bond acceptors (Lipinski definition) is 5. The quantitative estimate of drug-likeness (QED) is 0.730. The van der Waals surface area contributed by atoms with Gasteiger partial charge in [-0.25, -0.2) is 0 Å². The standard InChI is InChI=1S/C22H25N3O5/c1-29-19-8-7-17(15-18(19)24-22(28)16-5-3-2-4-6-16)23-20(26)9-10-21(27)25-11-13-30-14-12-25/h2-8,15H,9-14H2,1H3,(H,23,26)(H,24,28). The second kappa shape index (κ2) is 10.4. The molecular weight excluding hydrogens is 386 g/mol. The van der Waals surface area contributed by atoms with E-state index in [4.69, 9.17) is 9.47 Å². The zero-order valence-electron chi connectivity index (χ0n) is 16.8. The number of nitrogens with one attached hydrogen (secondary N) is 2. The minimum absolute atomic E-state index is 0.0565. The number of carbonyl (C=O) groups is 3. The summed E-state index contributed by atoms with van der Waals surface area (Å²) in [5.74, 6) is -0.144. The molecule has 158 valence electrons. The third-order valence-electron chi connectivity index (χ3n) is 4.70. The summed E-state index contributed by atoms with van der Waals surface area (Å²) in [6.07, 6.45) is 0.216. The molecule has 1 aliphatic rings. The molecule has 30 heavy (non-hydrogen) atoms. The molecule has 0 saturated carbocycles.